The second-order valence-corrected chi connectivity index (χ2v) is 6.11. The van der Waals surface area contributed by atoms with Gasteiger partial charge in [-0.2, -0.15) is 0 Å². The maximum Gasteiger partial charge on any atom is -0.0291 e. The number of hydrogen-bond acceptors (Lipinski definition) is 0. The summed E-state index contributed by atoms with van der Waals surface area (Å²) in [6.07, 6.45) is 8.62. The third-order valence-electron chi connectivity index (χ3n) is 4.60. The first-order valence-corrected chi connectivity index (χ1v) is 7.74. The molecule has 2 unspecified atom stereocenters. The fraction of sp³-hybridized carbons (Fsp3) is 0.778. The van der Waals surface area contributed by atoms with E-state index in [4.69, 9.17) is 0 Å². The van der Waals surface area contributed by atoms with Crippen molar-refractivity contribution in [3.63, 3.8) is 0 Å². The molecule has 0 bridgehead atoms. The summed E-state index contributed by atoms with van der Waals surface area (Å²) in [5, 5.41) is 0. The molecule has 0 heterocycles. The van der Waals surface area contributed by atoms with Crippen molar-refractivity contribution in [3.8, 4) is 0 Å². The zero-order valence-corrected chi connectivity index (χ0v) is 13.6. The van der Waals surface area contributed by atoms with Crippen LogP contribution < -0.4 is 0 Å². The van der Waals surface area contributed by atoms with E-state index >= 15 is 0 Å². The van der Waals surface area contributed by atoms with Crippen molar-refractivity contribution in [1.82, 2.24) is 0 Å². The number of rotatable bonds is 9. The first kappa shape index (κ1) is 17.5. The fourth-order valence-corrected chi connectivity index (χ4v) is 2.84. The van der Waals surface area contributed by atoms with Crippen LogP contribution in [-0.2, 0) is 0 Å². The van der Waals surface area contributed by atoms with Crippen LogP contribution in [0.5, 0.6) is 0 Å². The molecule has 0 aromatic rings. The van der Waals surface area contributed by atoms with Gasteiger partial charge >= 0.3 is 0 Å². The van der Waals surface area contributed by atoms with Crippen LogP contribution in [0.3, 0.4) is 0 Å². The topological polar surface area (TPSA) is 0 Å². The molecule has 0 N–H and O–H groups in total. The molecule has 0 heteroatoms. The summed E-state index contributed by atoms with van der Waals surface area (Å²) < 4.78 is 0. The van der Waals surface area contributed by atoms with Gasteiger partial charge in [0.1, 0.15) is 0 Å². The highest BCUT2D eigenvalue weighted by atomic mass is 14.2. The average molecular weight is 250 g/mol. The summed E-state index contributed by atoms with van der Waals surface area (Å²) >= 11 is 0. The van der Waals surface area contributed by atoms with Gasteiger partial charge in [-0.3, -0.25) is 0 Å². The molecule has 0 rings (SSSR count). The van der Waals surface area contributed by atoms with Crippen molar-refractivity contribution in [1.29, 1.82) is 0 Å². The standard InChI is InChI=1S/C18H34/c1-8-15(5)17(7)13-14(4)11-12-16(6)18(9-2)10-3/h8,14,16,18H,1,9-13H2,2-7H3. The van der Waals surface area contributed by atoms with Crippen LogP contribution in [0.25, 0.3) is 0 Å². The molecule has 0 nitrogen and oxygen atoms in total. The van der Waals surface area contributed by atoms with Crippen LogP contribution in [0, 0.1) is 17.8 Å². The smallest absolute Gasteiger partial charge is 0.0291 e. The molecule has 0 aliphatic heterocycles. The van der Waals surface area contributed by atoms with E-state index in [9.17, 15) is 0 Å². The van der Waals surface area contributed by atoms with Crippen molar-refractivity contribution < 1.29 is 0 Å². The van der Waals surface area contributed by atoms with Crippen LogP contribution >= 0.6 is 0 Å². The fourth-order valence-electron chi connectivity index (χ4n) is 2.84. The van der Waals surface area contributed by atoms with Gasteiger partial charge in [0.05, 0.1) is 0 Å². The zero-order chi connectivity index (χ0) is 14.1. The van der Waals surface area contributed by atoms with Gasteiger partial charge in [0, 0.05) is 0 Å². The zero-order valence-electron chi connectivity index (χ0n) is 13.6. The summed E-state index contributed by atoms with van der Waals surface area (Å²) in [4.78, 5) is 0. The Morgan fingerprint density at radius 1 is 1.06 bits per heavy atom. The van der Waals surface area contributed by atoms with Crippen molar-refractivity contribution in [2.24, 2.45) is 17.8 Å². The average Bonchev–Trinajstić information content (AvgIpc) is 2.36. The van der Waals surface area contributed by atoms with Crippen molar-refractivity contribution in [3.05, 3.63) is 23.8 Å². The second-order valence-electron chi connectivity index (χ2n) is 6.11. The highest BCUT2D eigenvalue weighted by Crippen LogP contribution is 2.27. The van der Waals surface area contributed by atoms with E-state index in [0.717, 1.165) is 17.8 Å². The van der Waals surface area contributed by atoms with Gasteiger partial charge in [0.2, 0.25) is 0 Å². The Morgan fingerprint density at radius 3 is 2.06 bits per heavy atom. The molecule has 0 aliphatic carbocycles. The molecule has 0 saturated heterocycles. The highest BCUT2D eigenvalue weighted by molar-refractivity contribution is 5.20. The van der Waals surface area contributed by atoms with E-state index in [1.165, 1.54) is 43.3 Å². The summed E-state index contributed by atoms with van der Waals surface area (Å²) in [5.74, 6) is 2.60. The van der Waals surface area contributed by atoms with Crippen LogP contribution in [0.1, 0.15) is 73.6 Å². The Kier molecular flexibility index (Phi) is 9.14. The minimum atomic E-state index is 0.803. The monoisotopic (exact) mass is 250 g/mol. The van der Waals surface area contributed by atoms with Gasteiger partial charge in [0.15, 0.2) is 0 Å². The van der Waals surface area contributed by atoms with Crippen molar-refractivity contribution in [2.45, 2.75) is 73.6 Å². The maximum atomic E-state index is 3.85. The molecule has 0 fully saturated rings. The molecule has 2 atom stereocenters. The molecule has 18 heavy (non-hydrogen) atoms. The Balaban J connectivity index is 4.11. The Bertz CT molecular complexity index is 255. The second kappa shape index (κ2) is 9.42. The lowest BCUT2D eigenvalue weighted by Gasteiger charge is -2.23. The van der Waals surface area contributed by atoms with Crippen LogP contribution in [0.2, 0.25) is 0 Å². The molecule has 0 amide bonds. The molecule has 0 saturated carbocycles. The minimum absolute atomic E-state index is 0.803. The molecule has 0 spiro atoms. The third kappa shape index (κ3) is 6.42. The van der Waals surface area contributed by atoms with Gasteiger partial charge < -0.3 is 0 Å². The molecule has 0 aromatic carbocycles. The van der Waals surface area contributed by atoms with E-state index in [-0.39, 0.29) is 0 Å². The Morgan fingerprint density at radius 2 is 1.61 bits per heavy atom. The normalized spacial score (nSPS) is 16.4. The Hall–Kier alpha value is -0.520. The molecule has 106 valence electrons. The van der Waals surface area contributed by atoms with E-state index in [1.807, 2.05) is 6.08 Å². The van der Waals surface area contributed by atoms with Gasteiger partial charge in [-0.25, -0.2) is 0 Å². The Labute approximate surface area is 116 Å². The summed E-state index contributed by atoms with van der Waals surface area (Å²) in [7, 11) is 0. The lowest BCUT2D eigenvalue weighted by Crippen LogP contribution is -2.11. The van der Waals surface area contributed by atoms with E-state index in [1.54, 1.807) is 0 Å². The van der Waals surface area contributed by atoms with E-state index < -0.39 is 0 Å². The molecule has 0 aliphatic rings. The summed E-state index contributed by atoms with van der Waals surface area (Å²) in [6.45, 7) is 17.7. The maximum absolute atomic E-state index is 3.85. The molecule has 0 radical (unpaired) electrons. The van der Waals surface area contributed by atoms with Gasteiger partial charge in [-0.15, -0.1) is 0 Å². The first-order valence-electron chi connectivity index (χ1n) is 7.74. The first-order chi connectivity index (χ1) is 8.46. The van der Waals surface area contributed by atoms with Crippen LogP contribution in [0.15, 0.2) is 23.8 Å². The predicted octanol–water partition coefficient (Wildman–Crippen LogP) is 6.39. The lowest BCUT2D eigenvalue weighted by atomic mass is 9.83. The van der Waals surface area contributed by atoms with E-state index in [0.29, 0.717) is 0 Å². The van der Waals surface area contributed by atoms with Crippen LogP contribution in [0.4, 0.5) is 0 Å². The summed E-state index contributed by atoms with van der Waals surface area (Å²) in [5.41, 5.74) is 2.86. The molecular weight excluding hydrogens is 216 g/mol. The summed E-state index contributed by atoms with van der Waals surface area (Å²) in [6, 6.07) is 0. The largest absolute Gasteiger partial charge is 0.0988 e. The van der Waals surface area contributed by atoms with Gasteiger partial charge in [-0.05, 0) is 38.0 Å². The molecule has 0 aromatic heterocycles. The third-order valence-corrected chi connectivity index (χ3v) is 4.60. The van der Waals surface area contributed by atoms with Crippen LogP contribution in [-0.4, -0.2) is 0 Å². The highest BCUT2D eigenvalue weighted by Gasteiger charge is 2.14. The SMILES string of the molecule is C=CC(C)=C(C)CC(C)CCC(C)C(CC)CC. The number of hydrogen-bond donors (Lipinski definition) is 0. The van der Waals surface area contributed by atoms with Gasteiger partial charge in [-0.1, -0.05) is 77.2 Å². The predicted molar refractivity (Wildman–Crippen MR) is 84.8 cm³/mol. The number of allylic oxidation sites excluding steroid dienone is 3. The lowest BCUT2D eigenvalue weighted by molar-refractivity contribution is 0.295. The quantitative estimate of drug-likeness (QED) is 0.416. The van der Waals surface area contributed by atoms with Gasteiger partial charge in [0.25, 0.3) is 0 Å². The van der Waals surface area contributed by atoms with Crippen molar-refractivity contribution >= 4 is 0 Å². The van der Waals surface area contributed by atoms with Crippen molar-refractivity contribution in [2.75, 3.05) is 0 Å². The minimum Gasteiger partial charge on any atom is -0.0988 e. The molecular formula is C18H34. The van der Waals surface area contributed by atoms with E-state index in [2.05, 4.69) is 48.1 Å².